The minimum Gasteiger partial charge on any atom is -0.505 e. The van der Waals surface area contributed by atoms with E-state index in [0.29, 0.717) is 0 Å². The average molecular weight is 417 g/mol. The lowest BCUT2D eigenvalue weighted by atomic mass is 10.0. The van der Waals surface area contributed by atoms with E-state index < -0.39 is 41.7 Å². The summed E-state index contributed by atoms with van der Waals surface area (Å²) >= 11 is 0. The number of carboxylic acids is 1. The molecule has 0 aliphatic carbocycles. The van der Waals surface area contributed by atoms with Crippen LogP contribution in [-0.4, -0.2) is 40.9 Å². The van der Waals surface area contributed by atoms with Crippen LogP contribution in [0.2, 0.25) is 0 Å². The number of carboxylic acid groups (broad SMARTS) is 1. The zero-order valence-electron chi connectivity index (χ0n) is 15.9. The van der Waals surface area contributed by atoms with Crippen LogP contribution in [0.3, 0.4) is 0 Å². The lowest BCUT2D eigenvalue weighted by molar-refractivity contribution is -0.131. The summed E-state index contributed by atoms with van der Waals surface area (Å²) in [7, 11) is 0. The molecule has 0 unspecified atom stereocenters. The van der Waals surface area contributed by atoms with Crippen molar-refractivity contribution in [2.24, 2.45) is 0 Å². The highest BCUT2D eigenvalue weighted by atomic mass is 19.1. The van der Waals surface area contributed by atoms with Crippen molar-refractivity contribution in [3.63, 3.8) is 0 Å². The number of amides is 2. The number of carbonyl (C=O) groups is 3. The topological polar surface area (TPSA) is 122 Å². The first-order valence-electron chi connectivity index (χ1n) is 8.90. The van der Waals surface area contributed by atoms with E-state index in [1.165, 1.54) is 18.2 Å². The Hall–Kier alpha value is -3.72. The molecule has 0 aliphatic rings. The summed E-state index contributed by atoms with van der Waals surface area (Å²) < 4.78 is 24.6. The lowest BCUT2D eigenvalue weighted by Crippen LogP contribution is -2.35. The van der Waals surface area contributed by atoms with Crippen LogP contribution in [0, 0.1) is 5.82 Å². The highest BCUT2D eigenvalue weighted by Crippen LogP contribution is 2.28. The third kappa shape index (κ3) is 6.42. The van der Waals surface area contributed by atoms with Crippen LogP contribution < -0.4 is 5.32 Å². The molecule has 3 N–H and O–H groups in total. The molecule has 0 saturated heterocycles. The molecular weight excluding hydrogens is 397 g/mol. The van der Waals surface area contributed by atoms with E-state index in [1.54, 1.807) is 25.1 Å². The number of aromatic hydroxyl groups is 1. The normalized spacial score (nSPS) is 12.9. The molecule has 0 fully saturated rings. The van der Waals surface area contributed by atoms with Crippen molar-refractivity contribution >= 4 is 18.0 Å². The van der Waals surface area contributed by atoms with Gasteiger partial charge in [-0.1, -0.05) is 24.3 Å². The zero-order valence-corrected chi connectivity index (χ0v) is 15.9. The number of phenolic OH excluding ortho intramolecular Hbond substituents is 1. The number of carbonyl (C=O) groups excluding carboxylic acids is 2. The molecule has 9 heteroatoms. The summed E-state index contributed by atoms with van der Waals surface area (Å²) in [6, 6.07) is 11.2. The van der Waals surface area contributed by atoms with E-state index in [-0.39, 0.29) is 17.7 Å². The summed E-state index contributed by atoms with van der Waals surface area (Å²) in [5.41, 5.74) is 0.301. The first-order chi connectivity index (χ1) is 14.3. The van der Waals surface area contributed by atoms with Gasteiger partial charge in [0.15, 0.2) is 17.7 Å². The van der Waals surface area contributed by atoms with E-state index in [2.05, 4.69) is 0 Å². The van der Waals surface area contributed by atoms with E-state index in [9.17, 15) is 23.9 Å². The predicted molar refractivity (Wildman–Crippen MR) is 103 cm³/mol. The zero-order chi connectivity index (χ0) is 22.1. The summed E-state index contributed by atoms with van der Waals surface area (Å²) in [4.78, 5) is 35.4. The third-order valence-corrected chi connectivity index (χ3v) is 3.87. The van der Waals surface area contributed by atoms with Gasteiger partial charge in [-0.3, -0.25) is 10.1 Å². The third-order valence-electron chi connectivity index (χ3n) is 3.87. The second-order valence-electron chi connectivity index (χ2n) is 5.97. The number of alkyl carbamates (subject to hydrolysis) is 1. The van der Waals surface area contributed by atoms with Crippen LogP contribution in [0.5, 0.6) is 5.75 Å². The number of nitrogens with one attached hydrogen (secondary N) is 1. The number of benzene rings is 2. The molecular formula is C21H20FNO7. The molecule has 0 heterocycles. The van der Waals surface area contributed by atoms with Crippen molar-refractivity contribution in [3.05, 3.63) is 77.6 Å². The summed E-state index contributed by atoms with van der Waals surface area (Å²) in [5, 5.41) is 20.3. The maximum absolute atomic E-state index is 13.9. The Morgan fingerprint density at radius 2 is 1.87 bits per heavy atom. The van der Waals surface area contributed by atoms with E-state index >= 15 is 0 Å². The smallest absolute Gasteiger partial charge is 0.414 e. The number of halogens is 1. The number of ether oxygens (including phenoxy) is 2. The number of hydrogen-bond acceptors (Lipinski definition) is 6. The van der Waals surface area contributed by atoms with Crippen molar-refractivity contribution in [3.8, 4) is 5.75 Å². The van der Waals surface area contributed by atoms with Crippen LogP contribution in [0.15, 0.2) is 60.7 Å². The van der Waals surface area contributed by atoms with Crippen LogP contribution in [0.1, 0.15) is 28.9 Å². The molecule has 0 radical (unpaired) electrons. The van der Waals surface area contributed by atoms with Gasteiger partial charge in [-0.2, -0.15) is 0 Å². The minimum atomic E-state index is -1.31. The number of hydrogen-bond donors (Lipinski definition) is 3. The van der Waals surface area contributed by atoms with E-state index in [1.807, 2.05) is 5.32 Å². The number of imide groups is 1. The lowest BCUT2D eigenvalue weighted by Gasteiger charge is -2.25. The van der Waals surface area contributed by atoms with Crippen LogP contribution in [0.4, 0.5) is 9.18 Å². The first-order valence-corrected chi connectivity index (χ1v) is 8.90. The molecule has 0 spiro atoms. The highest BCUT2D eigenvalue weighted by molar-refractivity contribution is 6.02. The minimum absolute atomic E-state index is 0.0844. The number of aliphatic carboxylic acids is 1. The Bertz CT molecular complexity index is 930. The fraction of sp³-hybridized carbons (Fsp3) is 0.190. The fourth-order valence-electron chi connectivity index (χ4n) is 2.54. The van der Waals surface area contributed by atoms with Crippen molar-refractivity contribution in [1.82, 2.24) is 5.32 Å². The molecule has 0 aliphatic heterocycles. The highest BCUT2D eigenvalue weighted by Gasteiger charge is 2.28. The Morgan fingerprint density at radius 1 is 1.17 bits per heavy atom. The Morgan fingerprint density at radius 3 is 2.47 bits per heavy atom. The van der Waals surface area contributed by atoms with E-state index in [4.69, 9.17) is 14.6 Å². The molecule has 2 rings (SSSR count). The van der Waals surface area contributed by atoms with Crippen molar-refractivity contribution < 1.29 is 38.5 Å². The quantitative estimate of drug-likeness (QED) is 0.564. The van der Waals surface area contributed by atoms with Gasteiger partial charge in [-0.25, -0.2) is 14.0 Å². The standard InChI is InChI=1S/C21H20FNO7/c1-2-29-17(10-11-18(25)26)19(14-8-9-16(24)15(22)12-14)30-21(28)23-20(27)13-6-4-3-5-7-13/h3-12,17,19,24H,2H2,1H3,(H,25,26)(H,23,27,28)/b11-10+/t17-,19-/m0/s1. The molecule has 0 aromatic heterocycles. The first kappa shape index (κ1) is 22.6. The van der Waals surface area contributed by atoms with Crippen molar-refractivity contribution in [2.75, 3.05) is 6.61 Å². The monoisotopic (exact) mass is 417 g/mol. The second-order valence-corrected chi connectivity index (χ2v) is 5.97. The average Bonchev–Trinajstić information content (AvgIpc) is 2.72. The molecule has 0 saturated carbocycles. The largest absolute Gasteiger partial charge is 0.505 e. The second kappa shape index (κ2) is 10.7. The number of phenols is 1. The maximum Gasteiger partial charge on any atom is 0.414 e. The Kier molecular flexibility index (Phi) is 8.07. The van der Waals surface area contributed by atoms with Gasteiger partial charge in [0.1, 0.15) is 6.10 Å². The molecule has 2 amide bonds. The van der Waals surface area contributed by atoms with Gasteiger partial charge < -0.3 is 19.7 Å². The molecule has 158 valence electrons. The van der Waals surface area contributed by atoms with Gasteiger partial charge in [-0.05, 0) is 42.8 Å². The van der Waals surface area contributed by atoms with Crippen LogP contribution in [-0.2, 0) is 14.3 Å². The molecule has 0 bridgehead atoms. The van der Waals surface area contributed by atoms with Crippen LogP contribution >= 0.6 is 0 Å². The van der Waals surface area contributed by atoms with Gasteiger partial charge in [0.05, 0.1) is 0 Å². The van der Waals surface area contributed by atoms with Gasteiger partial charge >= 0.3 is 12.1 Å². The van der Waals surface area contributed by atoms with Gasteiger partial charge in [0, 0.05) is 18.2 Å². The predicted octanol–water partition coefficient (Wildman–Crippen LogP) is 3.18. The SMILES string of the molecule is CCO[C@@H](/C=C/C(=O)O)[C@@H](OC(=O)NC(=O)c1ccccc1)c1ccc(O)c(F)c1. The van der Waals surface area contributed by atoms with Crippen molar-refractivity contribution in [1.29, 1.82) is 0 Å². The summed E-state index contributed by atoms with van der Waals surface area (Å²) in [6.07, 6.45) is -1.63. The molecule has 8 nitrogen and oxygen atoms in total. The fourth-order valence-corrected chi connectivity index (χ4v) is 2.54. The van der Waals surface area contributed by atoms with Gasteiger partial charge in [0.25, 0.3) is 5.91 Å². The van der Waals surface area contributed by atoms with Crippen LogP contribution in [0.25, 0.3) is 0 Å². The molecule has 30 heavy (non-hydrogen) atoms. The summed E-state index contributed by atoms with van der Waals surface area (Å²) in [5.74, 6) is -3.57. The van der Waals surface area contributed by atoms with Gasteiger partial charge in [-0.15, -0.1) is 0 Å². The Balaban J connectivity index is 2.29. The molecule has 2 aromatic carbocycles. The molecule has 2 aromatic rings. The Labute approximate surface area is 171 Å². The molecule has 2 atom stereocenters. The van der Waals surface area contributed by atoms with E-state index in [0.717, 1.165) is 24.3 Å². The number of rotatable bonds is 8. The summed E-state index contributed by atoms with van der Waals surface area (Å²) in [6.45, 7) is 1.76. The maximum atomic E-state index is 13.9. The van der Waals surface area contributed by atoms with Gasteiger partial charge in [0.2, 0.25) is 0 Å². The van der Waals surface area contributed by atoms with Crippen molar-refractivity contribution in [2.45, 2.75) is 19.1 Å².